The smallest absolute Gasteiger partial charge is 0.110 e. The van der Waals surface area contributed by atoms with Gasteiger partial charge in [-0.2, -0.15) is 0 Å². The van der Waals surface area contributed by atoms with Gasteiger partial charge in [-0.05, 0) is 13.8 Å². The minimum atomic E-state index is 0.0990. The molecule has 0 aromatic heterocycles. The van der Waals surface area contributed by atoms with E-state index in [9.17, 15) is 0 Å². The minimum Gasteiger partial charge on any atom is -0.267 e. The Labute approximate surface area is 49.3 Å². The van der Waals surface area contributed by atoms with Gasteiger partial charge in [-0.15, -0.1) is 0 Å². The summed E-state index contributed by atoms with van der Waals surface area (Å²) in [6.45, 7) is 4.18. The first-order valence-corrected chi connectivity index (χ1v) is 2.76. The molecule has 0 saturated carbocycles. The van der Waals surface area contributed by atoms with E-state index in [1.54, 1.807) is 6.34 Å². The van der Waals surface area contributed by atoms with Crippen LogP contribution in [0.3, 0.4) is 0 Å². The normalized spacial score (nSPS) is 23.8. The highest BCUT2D eigenvalue weighted by molar-refractivity contribution is 5.75. The summed E-state index contributed by atoms with van der Waals surface area (Å²) in [5, 5.41) is 0. The second-order valence-electron chi connectivity index (χ2n) is 2.59. The maximum atomic E-state index is 4.14. The molecule has 1 rings (SSSR count). The lowest BCUT2D eigenvalue weighted by atomic mass is 10.0. The summed E-state index contributed by atoms with van der Waals surface area (Å²) in [6.07, 6.45) is 4.47. The summed E-state index contributed by atoms with van der Waals surface area (Å²) < 4.78 is 0. The molecule has 0 unspecified atom stereocenters. The number of hydrogen-bond acceptors (Lipinski definition) is 2. The van der Waals surface area contributed by atoms with Crippen molar-refractivity contribution in [3.8, 4) is 0 Å². The lowest BCUT2D eigenvalue weighted by Gasteiger charge is -2.17. The molecule has 0 atom stereocenters. The predicted molar refractivity (Wildman–Crippen MR) is 35.7 cm³/mol. The average Bonchev–Trinajstić information content (AvgIpc) is 1.65. The maximum absolute atomic E-state index is 4.14. The maximum Gasteiger partial charge on any atom is 0.110 e. The molecule has 2 heteroatoms. The van der Waals surface area contributed by atoms with E-state index in [0.717, 1.165) is 6.42 Å². The number of rotatable bonds is 0. The molecule has 1 aliphatic heterocycles. The van der Waals surface area contributed by atoms with Crippen molar-refractivity contribution >= 4 is 12.6 Å². The van der Waals surface area contributed by atoms with Gasteiger partial charge in [-0.3, -0.25) is 4.99 Å². The van der Waals surface area contributed by atoms with Crippen LogP contribution in [-0.4, -0.2) is 18.1 Å². The van der Waals surface area contributed by atoms with Crippen molar-refractivity contribution in [1.29, 1.82) is 0 Å². The Kier molecular flexibility index (Phi) is 1.16. The van der Waals surface area contributed by atoms with Gasteiger partial charge in [0.05, 0.1) is 5.54 Å². The zero-order chi connectivity index (χ0) is 6.04. The summed E-state index contributed by atoms with van der Waals surface area (Å²) in [5.74, 6) is 0. The van der Waals surface area contributed by atoms with E-state index in [-0.39, 0.29) is 5.54 Å². The largest absolute Gasteiger partial charge is 0.267 e. The monoisotopic (exact) mass is 110 g/mol. The molecule has 0 aromatic carbocycles. The molecule has 0 fully saturated rings. The lowest BCUT2D eigenvalue weighted by Crippen LogP contribution is -2.19. The predicted octanol–water partition coefficient (Wildman–Crippen LogP) is 1.27. The SMILES string of the molecule is CC1(C)CC=NC=N1. The quantitative estimate of drug-likeness (QED) is 0.448. The zero-order valence-electron chi connectivity index (χ0n) is 5.26. The molecule has 8 heavy (non-hydrogen) atoms. The van der Waals surface area contributed by atoms with E-state index in [2.05, 4.69) is 23.8 Å². The topological polar surface area (TPSA) is 24.7 Å². The molecule has 1 aliphatic rings. The Balaban J connectivity index is 2.65. The van der Waals surface area contributed by atoms with Gasteiger partial charge in [0.25, 0.3) is 0 Å². The van der Waals surface area contributed by atoms with Crippen molar-refractivity contribution in [2.45, 2.75) is 25.8 Å². The Morgan fingerprint density at radius 2 is 2.25 bits per heavy atom. The number of aliphatic imine (C=N–C) groups is 2. The summed E-state index contributed by atoms with van der Waals surface area (Å²) >= 11 is 0. The summed E-state index contributed by atoms with van der Waals surface area (Å²) in [4.78, 5) is 7.99. The Bertz CT molecular complexity index is 133. The highest BCUT2D eigenvalue weighted by atomic mass is 14.9. The van der Waals surface area contributed by atoms with Gasteiger partial charge in [0.2, 0.25) is 0 Å². The Morgan fingerprint density at radius 1 is 1.50 bits per heavy atom. The molecule has 1 heterocycles. The van der Waals surface area contributed by atoms with Crippen LogP contribution in [-0.2, 0) is 0 Å². The molecule has 44 valence electrons. The van der Waals surface area contributed by atoms with Crippen molar-refractivity contribution < 1.29 is 0 Å². The van der Waals surface area contributed by atoms with Gasteiger partial charge in [-0.1, -0.05) is 0 Å². The van der Waals surface area contributed by atoms with E-state index in [1.807, 2.05) is 6.21 Å². The molecule has 0 amide bonds. The number of hydrogen-bond donors (Lipinski definition) is 0. The molecule has 0 aliphatic carbocycles. The van der Waals surface area contributed by atoms with Crippen molar-refractivity contribution in [1.82, 2.24) is 0 Å². The average molecular weight is 110 g/mol. The molecule has 0 radical (unpaired) electrons. The molecular weight excluding hydrogens is 100 g/mol. The van der Waals surface area contributed by atoms with Gasteiger partial charge in [-0.25, -0.2) is 4.99 Å². The fourth-order valence-corrected chi connectivity index (χ4v) is 0.566. The lowest BCUT2D eigenvalue weighted by molar-refractivity contribution is 0.547. The van der Waals surface area contributed by atoms with Gasteiger partial charge in [0.1, 0.15) is 6.34 Å². The van der Waals surface area contributed by atoms with Crippen LogP contribution in [0.15, 0.2) is 9.98 Å². The second kappa shape index (κ2) is 1.69. The van der Waals surface area contributed by atoms with E-state index >= 15 is 0 Å². The highest BCUT2D eigenvalue weighted by Crippen LogP contribution is 2.13. The van der Waals surface area contributed by atoms with Crippen LogP contribution in [0.2, 0.25) is 0 Å². The van der Waals surface area contributed by atoms with Crippen LogP contribution in [0.1, 0.15) is 20.3 Å². The van der Waals surface area contributed by atoms with Crippen LogP contribution in [0, 0.1) is 0 Å². The van der Waals surface area contributed by atoms with E-state index < -0.39 is 0 Å². The van der Waals surface area contributed by atoms with Gasteiger partial charge in [0.15, 0.2) is 0 Å². The molecule has 2 nitrogen and oxygen atoms in total. The van der Waals surface area contributed by atoms with Gasteiger partial charge in [0, 0.05) is 12.6 Å². The van der Waals surface area contributed by atoms with E-state index in [1.165, 1.54) is 0 Å². The molecule has 0 aromatic rings. The summed E-state index contributed by atoms with van der Waals surface area (Å²) in [5.41, 5.74) is 0.0990. The highest BCUT2D eigenvalue weighted by Gasteiger charge is 2.14. The molecular formula is C6H10N2. The summed E-state index contributed by atoms with van der Waals surface area (Å²) in [6, 6.07) is 0. The molecule has 0 saturated heterocycles. The zero-order valence-corrected chi connectivity index (χ0v) is 5.26. The summed E-state index contributed by atoms with van der Waals surface area (Å²) in [7, 11) is 0. The van der Waals surface area contributed by atoms with Crippen LogP contribution < -0.4 is 0 Å². The van der Waals surface area contributed by atoms with Gasteiger partial charge < -0.3 is 0 Å². The second-order valence-corrected chi connectivity index (χ2v) is 2.59. The molecule has 0 bridgehead atoms. The van der Waals surface area contributed by atoms with E-state index in [4.69, 9.17) is 0 Å². The van der Waals surface area contributed by atoms with Crippen LogP contribution in [0.5, 0.6) is 0 Å². The first-order chi connectivity index (χ1) is 3.71. The fourth-order valence-electron chi connectivity index (χ4n) is 0.566. The van der Waals surface area contributed by atoms with E-state index in [0.29, 0.717) is 0 Å². The third-order valence-corrected chi connectivity index (χ3v) is 1.17. The third kappa shape index (κ3) is 1.15. The molecule has 0 N–H and O–H groups in total. The van der Waals surface area contributed by atoms with Crippen LogP contribution in [0.4, 0.5) is 0 Å². The standard InChI is InChI=1S/C6H10N2/c1-6(2)3-4-7-5-8-6/h4-5H,3H2,1-2H3. The first-order valence-electron chi connectivity index (χ1n) is 2.76. The van der Waals surface area contributed by atoms with Crippen molar-refractivity contribution in [3.63, 3.8) is 0 Å². The Hall–Kier alpha value is -0.660. The Morgan fingerprint density at radius 3 is 2.50 bits per heavy atom. The third-order valence-electron chi connectivity index (χ3n) is 1.17. The molecule has 0 spiro atoms. The van der Waals surface area contributed by atoms with Gasteiger partial charge >= 0.3 is 0 Å². The number of nitrogens with zero attached hydrogens (tertiary/aromatic N) is 2. The fraction of sp³-hybridized carbons (Fsp3) is 0.667. The first kappa shape index (κ1) is 5.48. The van der Waals surface area contributed by atoms with Crippen molar-refractivity contribution in [2.75, 3.05) is 0 Å². The minimum absolute atomic E-state index is 0.0990. The van der Waals surface area contributed by atoms with Crippen molar-refractivity contribution in [2.24, 2.45) is 9.98 Å². The van der Waals surface area contributed by atoms with Crippen LogP contribution >= 0.6 is 0 Å². The van der Waals surface area contributed by atoms with Crippen LogP contribution in [0.25, 0.3) is 0 Å². The van der Waals surface area contributed by atoms with Crippen molar-refractivity contribution in [3.05, 3.63) is 0 Å².